The number of hydrogen-bond donors (Lipinski definition) is 2. The Morgan fingerprint density at radius 1 is 1.05 bits per heavy atom. The molecule has 2 rings (SSSR count). The molecule has 0 heterocycles. The summed E-state index contributed by atoms with van der Waals surface area (Å²) >= 11 is 0. The second-order valence-electron chi connectivity index (χ2n) is 5.20. The maximum absolute atomic E-state index is 12.3. The predicted molar refractivity (Wildman–Crippen MR) is 82.7 cm³/mol. The molecule has 2 aromatic rings. The fraction of sp³-hybridized carbons (Fsp3) is 0.235. The maximum atomic E-state index is 12.3. The van der Waals surface area contributed by atoms with Gasteiger partial charge in [-0.05, 0) is 49.6 Å². The first kappa shape index (κ1) is 14.1. The molecular formula is C17H20N2O. The van der Waals surface area contributed by atoms with Gasteiger partial charge >= 0.3 is 0 Å². The van der Waals surface area contributed by atoms with Crippen LogP contribution in [0.4, 0.5) is 5.69 Å². The highest BCUT2D eigenvalue weighted by molar-refractivity contribution is 5.97. The van der Waals surface area contributed by atoms with Gasteiger partial charge in [-0.25, -0.2) is 0 Å². The summed E-state index contributed by atoms with van der Waals surface area (Å²) in [6.07, 6.45) is 0. The van der Waals surface area contributed by atoms with Crippen molar-refractivity contribution in [2.45, 2.75) is 27.3 Å². The molecule has 1 amide bonds. The molecule has 0 unspecified atom stereocenters. The first-order chi connectivity index (χ1) is 9.47. The molecule has 2 aromatic carbocycles. The van der Waals surface area contributed by atoms with E-state index in [1.165, 1.54) is 5.56 Å². The van der Waals surface area contributed by atoms with Crippen molar-refractivity contribution in [1.82, 2.24) is 5.32 Å². The first-order valence-electron chi connectivity index (χ1n) is 6.68. The molecule has 3 nitrogen and oxygen atoms in total. The highest BCUT2D eigenvalue weighted by Gasteiger charge is 2.12. The Bertz CT molecular complexity index is 607. The quantitative estimate of drug-likeness (QED) is 0.840. The molecule has 0 bridgehead atoms. The van der Waals surface area contributed by atoms with Gasteiger partial charge in [-0.2, -0.15) is 0 Å². The van der Waals surface area contributed by atoms with Crippen LogP contribution >= 0.6 is 0 Å². The lowest BCUT2D eigenvalue weighted by molar-refractivity contribution is 0.0949. The smallest absolute Gasteiger partial charge is 0.252 e. The number of nitrogen functional groups attached to an aromatic ring is 1. The molecule has 0 atom stereocenters. The molecule has 0 aromatic heterocycles. The lowest BCUT2D eigenvalue weighted by atomic mass is 9.99. The standard InChI is InChI=1S/C17H20N2O/c1-11-8-12(2)16(13(3)9-11)17(20)19-10-14-4-6-15(18)7-5-14/h4-9H,10,18H2,1-3H3,(H,19,20). The van der Waals surface area contributed by atoms with E-state index in [2.05, 4.69) is 5.32 Å². The van der Waals surface area contributed by atoms with Crippen LogP contribution in [0.2, 0.25) is 0 Å². The molecule has 0 aliphatic rings. The van der Waals surface area contributed by atoms with Crippen LogP contribution in [-0.4, -0.2) is 5.91 Å². The summed E-state index contributed by atoms with van der Waals surface area (Å²) in [4.78, 5) is 12.3. The summed E-state index contributed by atoms with van der Waals surface area (Å²) in [6.45, 7) is 6.48. The van der Waals surface area contributed by atoms with E-state index < -0.39 is 0 Å². The number of nitrogens with one attached hydrogen (secondary N) is 1. The van der Waals surface area contributed by atoms with Crippen LogP contribution in [0.15, 0.2) is 36.4 Å². The van der Waals surface area contributed by atoms with Crippen molar-refractivity contribution in [3.05, 3.63) is 64.2 Å². The van der Waals surface area contributed by atoms with Crippen molar-refractivity contribution in [3.63, 3.8) is 0 Å². The van der Waals surface area contributed by atoms with E-state index >= 15 is 0 Å². The van der Waals surface area contributed by atoms with Crippen molar-refractivity contribution in [2.75, 3.05) is 5.73 Å². The van der Waals surface area contributed by atoms with Crippen LogP contribution in [0, 0.1) is 20.8 Å². The molecule has 0 radical (unpaired) electrons. The molecule has 104 valence electrons. The Labute approximate surface area is 119 Å². The maximum Gasteiger partial charge on any atom is 0.252 e. The number of rotatable bonds is 3. The average Bonchev–Trinajstić information content (AvgIpc) is 2.37. The summed E-state index contributed by atoms with van der Waals surface area (Å²) in [5.74, 6) is -0.0307. The van der Waals surface area contributed by atoms with Gasteiger partial charge in [-0.3, -0.25) is 4.79 Å². The topological polar surface area (TPSA) is 55.1 Å². The van der Waals surface area contributed by atoms with E-state index in [1.54, 1.807) is 0 Å². The highest BCUT2D eigenvalue weighted by atomic mass is 16.1. The van der Waals surface area contributed by atoms with E-state index in [1.807, 2.05) is 57.2 Å². The Balaban J connectivity index is 2.11. The number of hydrogen-bond acceptors (Lipinski definition) is 2. The molecule has 20 heavy (non-hydrogen) atoms. The van der Waals surface area contributed by atoms with E-state index in [-0.39, 0.29) is 5.91 Å². The molecule has 3 heteroatoms. The molecule has 0 spiro atoms. The van der Waals surface area contributed by atoms with Crippen molar-refractivity contribution in [3.8, 4) is 0 Å². The number of amides is 1. The zero-order valence-corrected chi connectivity index (χ0v) is 12.2. The Morgan fingerprint density at radius 2 is 1.60 bits per heavy atom. The Kier molecular flexibility index (Phi) is 4.08. The fourth-order valence-corrected chi connectivity index (χ4v) is 2.44. The molecule has 0 saturated heterocycles. The molecule has 0 aliphatic heterocycles. The lowest BCUT2D eigenvalue weighted by Gasteiger charge is -2.12. The van der Waals surface area contributed by atoms with Gasteiger partial charge in [0.1, 0.15) is 0 Å². The number of nitrogens with two attached hydrogens (primary N) is 1. The van der Waals surface area contributed by atoms with Gasteiger partial charge in [0.2, 0.25) is 0 Å². The van der Waals surface area contributed by atoms with E-state index in [0.29, 0.717) is 6.54 Å². The Hall–Kier alpha value is -2.29. The monoisotopic (exact) mass is 268 g/mol. The minimum absolute atomic E-state index is 0.0307. The van der Waals surface area contributed by atoms with Gasteiger partial charge in [-0.1, -0.05) is 29.8 Å². The largest absolute Gasteiger partial charge is 0.399 e. The van der Waals surface area contributed by atoms with Gasteiger partial charge in [0, 0.05) is 17.8 Å². The van der Waals surface area contributed by atoms with Crippen LogP contribution in [0.3, 0.4) is 0 Å². The van der Waals surface area contributed by atoms with Gasteiger partial charge in [-0.15, -0.1) is 0 Å². The van der Waals surface area contributed by atoms with Crippen molar-refractivity contribution >= 4 is 11.6 Å². The minimum Gasteiger partial charge on any atom is -0.399 e. The fourth-order valence-electron chi connectivity index (χ4n) is 2.44. The van der Waals surface area contributed by atoms with Crippen LogP contribution in [0.25, 0.3) is 0 Å². The van der Waals surface area contributed by atoms with Crippen molar-refractivity contribution in [2.24, 2.45) is 0 Å². The van der Waals surface area contributed by atoms with Crippen LogP contribution in [0.1, 0.15) is 32.6 Å². The number of anilines is 1. The van der Waals surface area contributed by atoms with Gasteiger partial charge < -0.3 is 11.1 Å². The number of aryl methyl sites for hydroxylation is 3. The SMILES string of the molecule is Cc1cc(C)c(C(=O)NCc2ccc(N)cc2)c(C)c1. The summed E-state index contributed by atoms with van der Waals surface area (Å²) in [7, 11) is 0. The summed E-state index contributed by atoms with van der Waals surface area (Å²) < 4.78 is 0. The third kappa shape index (κ3) is 3.18. The van der Waals surface area contributed by atoms with E-state index in [0.717, 1.165) is 27.9 Å². The van der Waals surface area contributed by atoms with Crippen LogP contribution < -0.4 is 11.1 Å². The van der Waals surface area contributed by atoms with Gasteiger partial charge in [0.05, 0.1) is 0 Å². The highest BCUT2D eigenvalue weighted by Crippen LogP contribution is 2.16. The van der Waals surface area contributed by atoms with Gasteiger partial charge in [0.15, 0.2) is 0 Å². The third-order valence-electron chi connectivity index (χ3n) is 3.34. The zero-order valence-electron chi connectivity index (χ0n) is 12.2. The Morgan fingerprint density at radius 3 is 2.15 bits per heavy atom. The van der Waals surface area contributed by atoms with E-state index in [4.69, 9.17) is 5.73 Å². The average molecular weight is 268 g/mol. The molecular weight excluding hydrogens is 248 g/mol. The summed E-state index contributed by atoms with van der Waals surface area (Å²) in [6, 6.07) is 11.6. The van der Waals surface area contributed by atoms with Crippen LogP contribution in [0.5, 0.6) is 0 Å². The first-order valence-corrected chi connectivity index (χ1v) is 6.68. The molecule has 0 fully saturated rings. The minimum atomic E-state index is -0.0307. The lowest BCUT2D eigenvalue weighted by Crippen LogP contribution is -2.24. The van der Waals surface area contributed by atoms with E-state index in [9.17, 15) is 4.79 Å². The number of carbonyl (C=O) groups excluding carboxylic acids is 1. The third-order valence-corrected chi connectivity index (χ3v) is 3.34. The zero-order chi connectivity index (χ0) is 14.7. The molecule has 0 saturated carbocycles. The summed E-state index contributed by atoms with van der Waals surface area (Å²) in [5.41, 5.74) is 11.4. The van der Waals surface area contributed by atoms with Crippen molar-refractivity contribution < 1.29 is 4.79 Å². The molecule has 3 N–H and O–H groups in total. The number of benzene rings is 2. The molecule has 0 aliphatic carbocycles. The van der Waals surface area contributed by atoms with Crippen LogP contribution in [-0.2, 0) is 6.54 Å². The van der Waals surface area contributed by atoms with Crippen molar-refractivity contribution in [1.29, 1.82) is 0 Å². The van der Waals surface area contributed by atoms with Gasteiger partial charge in [0.25, 0.3) is 5.91 Å². The number of carbonyl (C=O) groups is 1. The second kappa shape index (κ2) is 5.78. The summed E-state index contributed by atoms with van der Waals surface area (Å²) in [5, 5.41) is 2.96. The predicted octanol–water partition coefficient (Wildman–Crippen LogP) is 3.12. The second-order valence-corrected chi connectivity index (χ2v) is 5.20. The normalized spacial score (nSPS) is 10.3.